The highest BCUT2D eigenvalue weighted by Gasteiger charge is 2.28. The van der Waals surface area contributed by atoms with Gasteiger partial charge in [-0.3, -0.25) is 9.59 Å². The Bertz CT molecular complexity index is 1580. The van der Waals surface area contributed by atoms with Gasteiger partial charge in [0.05, 0.1) is 34.1 Å². The van der Waals surface area contributed by atoms with E-state index in [1.54, 1.807) is 31.4 Å². The largest absolute Gasteiger partial charge is 0.464 e. The zero-order valence-corrected chi connectivity index (χ0v) is 22.1. The molecule has 37 heavy (non-hydrogen) atoms. The summed E-state index contributed by atoms with van der Waals surface area (Å²) in [5, 5.41) is 8.70. The van der Waals surface area contributed by atoms with Crippen LogP contribution in [0.3, 0.4) is 0 Å². The lowest BCUT2D eigenvalue weighted by Gasteiger charge is -2.13. The van der Waals surface area contributed by atoms with Gasteiger partial charge in [0.25, 0.3) is 5.91 Å². The molecule has 2 aromatic carbocycles. The summed E-state index contributed by atoms with van der Waals surface area (Å²) in [5.41, 5.74) is 8.96. The SMILES string of the molecule is Cc1ccc2c(CC(=O)N/N=C3\CCCc4oc(C(=O)Nc5cccc(Cl)c5Cl)c(C)c43)coc2c1C. The molecule has 0 aliphatic heterocycles. The first-order valence-corrected chi connectivity index (χ1v) is 12.7. The summed E-state index contributed by atoms with van der Waals surface area (Å²) in [4.78, 5) is 25.7. The number of nitrogens with one attached hydrogen (secondary N) is 2. The Labute approximate surface area is 223 Å². The molecule has 0 fully saturated rings. The molecule has 0 saturated heterocycles. The van der Waals surface area contributed by atoms with Crippen molar-refractivity contribution in [1.29, 1.82) is 0 Å². The molecular weight excluding hydrogens is 513 g/mol. The number of carbonyl (C=O) groups is 2. The van der Waals surface area contributed by atoms with E-state index >= 15 is 0 Å². The van der Waals surface area contributed by atoms with Crippen LogP contribution in [0.5, 0.6) is 0 Å². The number of halogens is 2. The molecule has 0 unspecified atom stereocenters. The Morgan fingerprint density at radius 1 is 1.05 bits per heavy atom. The van der Waals surface area contributed by atoms with Crippen molar-refractivity contribution in [3.63, 3.8) is 0 Å². The fraction of sp³-hybridized carbons (Fsp3) is 0.250. The van der Waals surface area contributed by atoms with Gasteiger partial charge in [0.15, 0.2) is 5.76 Å². The number of anilines is 1. The minimum absolute atomic E-state index is 0.136. The number of nitrogens with zero attached hydrogens (tertiary/aromatic N) is 1. The van der Waals surface area contributed by atoms with Gasteiger partial charge in [-0.2, -0.15) is 5.10 Å². The molecule has 2 N–H and O–H groups in total. The molecule has 7 nitrogen and oxygen atoms in total. The number of hydrogen-bond acceptors (Lipinski definition) is 5. The minimum Gasteiger partial charge on any atom is -0.464 e. The Kier molecular flexibility index (Phi) is 6.84. The van der Waals surface area contributed by atoms with Gasteiger partial charge in [-0.1, -0.05) is 41.4 Å². The highest BCUT2D eigenvalue weighted by molar-refractivity contribution is 6.44. The van der Waals surface area contributed by atoms with E-state index in [0.29, 0.717) is 40.6 Å². The van der Waals surface area contributed by atoms with Crippen LogP contribution in [-0.2, 0) is 17.6 Å². The van der Waals surface area contributed by atoms with Gasteiger partial charge >= 0.3 is 0 Å². The molecule has 0 bridgehead atoms. The van der Waals surface area contributed by atoms with Crippen LogP contribution in [0.4, 0.5) is 5.69 Å². The first-order chi connectivity index (χ1) is 17.7. The first-order valence-electron chi connectivity index (χ1n) is 11.9. The van der Waals surface area contributed by atoms with E-state index in [9.17, 15) is 9.59 Å². The van der Waals surface area contributed by atoms with Gasteiger partial charge in [0, 0.05) is 28.5 Å². The van der Waals surface area contributed by atoms with Crippen molar-refractivity contribution < 1.29 is 18.4 Å². The van der Waals surface area contributed by atoms with Crippen LogP contribution in [0.25, 0.3) is 11.0 Å². The smallest absolute Gasteiger partial charge is 0.291 e. The number of benzene rings is 2. The van der Waals surface area contributed by atoms with Crippen LogP contribution < -0.4 is 10.7 Å². The van der Waals surface area contributed by atoms with Crippen LogP contribution in [0.1, 0.15) is 57.0 Å². The maximum Gasteiger partial charge on any atom is 0.291 e. The highest BCUT2D eigenvalue weighted by Crippen LogP contribution is 2.33. The van der Waals surface area contributed by atoms with Gasteiger partial charge in [0.2, 0.25) is 5.91 Å². The van der Waals surface area contributed by atoms with Gasteiger partial charge < -0.3 is 14.2 Å². The zero-order chi connectivity index (χ0) is 26.3. The van der Waals surface area contributed by atoms with E-state index in [4.69, 9.17) is 32.0 Å². The molecule has 0 spiro atoms. The summed E-state index contributed by atoms with van der Waals surface area (Å²) in [5.74, 6) is 0.162. The monoisotopic (exact) mass is 537 g/mol. The summed E-state index contributed by atoms with van der Waals surface area (Å²) in [6, 6.07) is 9.00. The number of aryl methyl sites for hydroxylation is 3. The molecule has 1 aliphatic rings. The van der Waals surface area contributed by atoms with Crippen LogP contribution in [0.15, 0.2) is 50.5 Å². The molecule has 2 aromatic heterocycles. The lowest BCUT2D eigenvalue weighted by Crippen LogP contribution is -2.23. The summed E-state index contributed by atoms with van der Waals surface area (Å²) in [6.07, 6.45) is 3.88. The van der Waals surface area contributed by atoms with E-state index in [1.165, 1.54) is 0 Å². The molecular formula is C28H25Cl2N3O4. The fourth-order valence-corrected chi connectivity index (χ4v) is 4.99. The van der Waals surface area contributed by atoms with Crippen LogP contribution in [0, 0.1) is 20.8 Å². The average molecular weight is 538 g/mol. The molecule has 0 saturated carbocycles. The Balaban J connectivity index is 1.34. The van der Waals surface area contributed by atoms with Crippen molar-refractivity contribution in [1.82, 2.24) is 5.43 Å². The van der Waals surface area contributed by atoms with Gasteiger partial charge in [-0.15, -0.1) is 0 Å². The Hall–Kier alpha value is -3.55. The van der Waals surface area contributed by atoms with Crippen molar-refractivity contribution in [3.05, 3.63) is 86.0 Å². The van der Waals surface area contributed by atoms with Gasteiger partial charge in [-0.25, -0.2) is 5.43 Å². The summed E-state index contributed by atoms with van der Waals surface area (Å²) in [7, 11) is 0. The maximum absolute atomic E-state index is 13.0. The normalized spacial score (nSPS) is 14.1. The Morgan fingerprint density at radius 2 is 1.86 bits per heavy atom. The highest BCUT2D eigenvalue weighted by atomic mass is 35.5. The second-order valence-corrected chi connectivity index (χ2v) is 9.96. The van der Waals surface area contributed by atoms with Crippen molar-refractivity contribution >= 4 is 57.4 Å². The van der Waals surface area contributed by atoms with E-state index in [1.807, 2.05) is 26.0 Å². The van der Waals surface area contributed by atoms with Crippen LogP contribution >= 0.6 is 23.2 Å². The number of fused-ring (bicyclic) bond motifs is 2. The second kappa shape index (κ2) is 10.1. The lowest BCUT2D eigenvalue weighted by molar-refractivity contribution is -0.120. The zero-order valence-electron chi connectivity index (χ0n) is 20.6. The van der Waals surface area contributed by atoms with Crippen LogP contribution in [0.2, 0.25) is 10.0 Å². The molecule has 1 aliphatic carbocycles. The molecule has 190 valence electrons. The number of carbonyl (C=O) groups excluding carboxylic acids is 2. The van der Waals surface area contributed by atoms with Gasteiger partial charge in [-0.05, 0) is 56.9 Å². The Morgan fingerprint density at radius 3 is 2.68 bits per heavy atom. The topological polar surface area (TPSA) is 96.8 Å². The standard InChI is InChI=1S/C28H25Cl2N3O4/c1-14-10-11-18-17(13-36-26(18)15(14)2)12-23(34)33-32-20-7-5-9-22-24(20)16(3)27(37-22)28(35)31-21-8-4-6-19(29)25(21)30/h4,6,8,10-11,13H,5,7,9,12H2,1-3H3,(H,31,35)(H,33,34)/b32-20+. The summed E-state index contributed by atoms with van der Waals surface area (Å²) in [6.45, 7) is 5.84. The van der Waals surface area contributed by atoms with Crippen molar-refractivity contribution in [2.75, 3.05) is 5.32 Å². The number of hydrazone groups is 1. The summed E-state index contributed by atoms with van der Waals surface area (Å²) < 4.78 is 11.7. The van der Waals surface area contributed by atoms with E-state index < -0.39 is 5.91 Å². The number of rotatable bonds is 5. The van der Waals surface area contributed by atoms with E-state index in [2.05, 4.69) is 15.8 Å². The molecule has 0 radical (unpaired) electrons. The second-order valence-electron chi connectivity index (χ2n) is 9.18. The first kappa shape index (κ1) is 25.1. The van der Waals surface area contributed by atoms with Crippen molar-refractivity contribution in [2.24, 2.45) is 5.10 Å². The van der Waals surface area contributed by atoms with Crippen molar-refractivity contribution in [2.45, 2.75) is 46.5 Å². The predicted molar refractivity (Wildman–Crippen MR) is 145 cm³/mol. The van der Waals surface area contributed by atoms with Crippen LogP contribution in [-0.4, -0.2) is 17.5 Å². The molecule has 2 heterocycles. The minimum atomic E-state index is -0.434. The molecule has 5 rings (SSSR count). The quantitative estimate of drug-likeness (QED) is 0.270. The third kappa shape index (κ3) is 4.77. The predicted octanol–water partition coefficient (Wildman–Crippen LogP) is 6.91. The molecule has 4 aromatic rings. The number of hydrogen-bond donors (Lipinski definition) is 2. The molecule has 9 heteroatoms. The molecule has 0 atom stereocenters. The number of furan rings is 2. The van der Waals surface area contributed by atoms with E-state index in [-0.39, 0.29) is 23.1 Å². The third-order valence-corrected chi connectivity index (χ3v) is 7.56. The van der Waals surface area contributed by atoms with Gasteiger partial charge in [0.1, 0.15) is 11.3 Å². The summed E-state index contributed by atoms with van der Waals surface area (Å²) >= 11 is 12.3. The molecule has 2 amide bonds. The fourth-order valence-electron chi connectivity index (χ4n) is 4.64. The number of amides is 2. The average Bonchev–Trinajstić information content (AvgIpc) is 3.44. The lowest BCUT2D eigenvalue weighted by atomic mass is 9.93. The third-order valence-electron chi connectivity index (χ3n) is 6.74. The maximum atomic E-state index is 13.0. The van der Waals surface area contributed by atoms with Crippen molar-refractivity contribution in [3.8, 4) is 0 Å². The van der Waals surface area contributed by atoms with E-state index in [0.717, 1.165) is 39.6 Å².